The number of benzene rings is 1. The number of nitrogens with one attached hydrogen (secondary N) is 2. The predicted molar refractivity (Wildman–Crippen MR) is 114 cm³/mol. The molecule has 4 rings (SSSR count). The van der Waals surface area contributed by atoms with E-state index in [-0.39, 0.29) is 12.5 Å². The second kappa shape index (κ2) is 8.31. The maximum absolute atomic E-state index is 12.5. The Hall–Kier alpha value is -2.40. The van der Waals surface area contributed by atoms with E-state index >= 15 is 0 Å². The maximum atomic E-state index is 12.5. The van der Waals surface area contributed by atoms with Crippen molar-refractivity contribution in [1.82, 2.24) is 25.0 Å². The first kappa shape index (κ1) is 18.9. The standard InChI is InChI=1S/C17H13ClN6OS3/c18-12-3-1-11(2-4-12)15-21-23-17(26)24(15)8-13(25)19-16-22-20-14(28-16)7-10-5-6-27-9-10/h1-6,9H,7-8H2,(H,23,26)(H,19,22,25). The summed E-state index contributed by atoms with van der Waals surface area (Å²) < 4.78 is 1.98. The minimum Gasteiger partial charge on any atom is -0.299 e. The van der Waals surface area contributed by atoms with Gasteiger partial charge in [-0.2, -0.15) is 16.4 Å². The van der Waals surface area contributed by atoms with Gasteiger partial charge in [-0.3, -0.25) is 19.8 Å². The lowest BCUT2D eigenvalue weighted by atomic mass is 10.2. The van der Waals surface area contributed by atoms with E-state index in [9.17, 15) is 4.79 Å². The molecular weight excluding hydrogens is 436 g/mol. The van der Waals surface area contributed by atoms with Crippen molar-refractivity contribution in [3.63, 3.8) is 0 Å². The van der Waals surface area contributed by atoms with E-state index in [1.54, 1.807) is 28.0 Å². The molecule has 0 saturated carbocycles. The lowest BCUT2D eigenvalue weighted by Crippen LogP contribution is -2.19. The van der Waals surface area contributed by atoms with Gasteiger partial charge in [-0.15, -0.1) is 10.2 Å². The number of carbonyl (C=O) groups excluding carboxylic acids is 1. The van der Waals surface area contributed by atoms with Gasteiger partial charge in [0, 0.05) is 17.0 Å². The Kier molecular flexibility index (Phi) is 5.62. The summed E-state index contributed by atoms with van der Waals surface area (Å²) in [6.45, 7) is 0.00668. The van der Waals surface area contributed by atoms with Gasteiger partial charge in [0.25, 0.3) is 0 Å². The molecule has 0 aliphatic carbocycles. The molecule has 3 heterocycles. The quantitative estimate of drug-likeness (QED) is 0.427. The number of aromatic amines is 1. The van der Waals surface area contributed by atoms with E-state index in [1.165, 1.54) is 16.9 Å². The number of anilines is 1. The van der Waals surface area contributed by atoms with Crippen LogP contribution < -0.4 is 5.32 Å². The summed E-state index contributed by atoms with van der Waals surface area (Å²) in [7, 11) is 0. The first-order valence-electron chi connectivity index (χ1n) is 8.13. The van der Waals surface area contributed by atoms with E-state index < -0.39 is 0 Å². The number of hydrogen-bond donors (Lipinski definition) is 2. The van der Waals surface area contributed by atoms with Gasteiger partial charge < -0.3 is 0 Å². The largest absolute Gasteiger partial charge is 0.299 e. The van der Waals surface area contributed by atoms with Crippen molar-refractivity contribution in [2.45, 2.75) is 13.0 Å². The van der Waals surface area contributed by atoms with E-state index in [0.717, 1.165) is 10.6 Å². The monoisotopic (exact) mass is 448 g/mol. The van der Waals surface area contributed by atoms with E-state index in [1.807, 2.05) is 23.6 Å². The minimum absolute atomic E-state index is 0.00668. The van der Waals surface area contributed by atoms with Crippen molar-refractivity contribution >= 4 is 57.5 Å². The first-order valence-corrected chi connectivity index (χ1v) is 10.7. The number of rotatable bonds is 6. The molecule has 28 heavy (non-hydrogen) atoms. The van der Waals surface area contributed by atoms with Gasteiger partial charge in [0.15, 0.2) is 10.6 Å². The Bertz CT molecular complexity index is 1150. The van der Waals surface area contributed by atoms with Crippen LogP contribution in [0.5, 0.6) is 0 Å². The number of carbonyl (C=O) groups is 1. The lowest BCUT2D eigenvalue weighted by molar-refractivity contribution is -0.116. The van der Waals surface area contributed by atoms with Crippen LogP contribution in [-0.4, -0.2) is 30.9 Å². The zero-order valence-electron chi connectivity index (χ0n) is 14.3. The Morgan fingerprint density at radius 1 is 1.25 bits per heavy atom. The van der Waals surface area contributed by atoms with Crippen molar-refractivity contribution in [2.75, 3.05) is 5.32 Å². The molecular formula is C17H13ClN6OS3. The zero-order chi connectivity index (χ0) is 19.5. The Balaban J connectivity index is 1.46. The number of H-pyrrole nitrogens is 1. The number of halogens is 1. The summed E-state index contributed by atoms with van der Waals surface area (Å²) in [5, 5.41) is 23.9. The van der Waals surface area contributed by atoms with Gasteiger partial charge in [-0.1, -0.05) is 22.9 Å². The SMILES string of the molecule is O=C(Cn1c(-c2ccc(Cl)cc2)n[nH]c1=S)Nc1nnc(Cc2ccsc2)s1. The molecule has 4 aromatic rings. The van der Waals surface area contributed by atoms with Gasteiger partial charge in [0.1, 0.15) is 11.6 Å². The number of hydrogen-bond acceptors (Lipinski definition) is 7. The molecule has 0 saturated heterocycles. The van der Waals surface area contributed by atoms with Crippen LogP contribution in [0.4, 0.5) is 5.13 Å². The molecule has 0 radical (unpaired) electrons. The van der Waals surface area contributed by atoms with Crippen LogP contribution in [0.1, 0.15) is 10.6 Å². The van der Waals surface area contributed by atoms with Crippen LogP contribution in [0.3, 0.4) is 0 Å². The van der Waals surface area contributed by atoms with Gasteiger partial charge in [0.2, 0.25) is 11.0 Å². The third-order valence-corrected chi connectivity index (χ3v) is 5.95. The van der Waals surface area contributed by atoms with Gasteiger partial charge >= 0.3 is 0 Å². The zero-order valence-corrected chi connectivity index (χ0v) is 17.5. The maximum Gasteiger partial charge on any atom is 0.246 e. The average molecular weight is 449 g/mol. The highest BCUT2D eigenvalue weighted by molar-refractivity contribution is 7.71. The molecule has 142 valence electrons. The van der Waals surface area contributed by atoms with Gasteiger partial charge in [-0.25, -0.2) is 0 Å². The van der Waals surface area contributed by atoms with Crippen LogP contribution in [-0.2, 0) is 17.8 Å². The molecule has 11 heteroatoms. The molecule has 1 amide bonds. The number of nitrogens with zero attached hydrogens (tertiary/aromatic N) is 4. The van der Waals surface area contributed by atoms with Crippen molar-refractivity contribution < 1.29 is 4.79 Å². The summed E-state index contributed by atoms with van der Waals surface area (Å²) in [5.41, 5.74) is 1.98. The van der Waals surface area contributed by atoms with Crippen molar-refractivity contribution in [3.05, 3.63) is 61.5 Å². The van der Waals surface area contributed by atoms with Crippen LogP contribution in [0.15, 0.2) is 41.1 Å². The average Bonchev–Trinajstić information content (AvgIpc) is 3.41. The Labute approximate surface area is 178 Å². The van der Waals surface area contributed by atoms with Gasteiger partial charge in [0.05, 0.1) is 0 Å². The van der Waals surface area contributed by atoms with Crippen LogP contribution in [0.25, 0.3) is 11.4 Å². The summed E-state index contributed by atoms with van der Waals surface area (Å²) >= 11 is 14.2. The molecule has 3 aromatic heterocycles. The molecule has 0 aliphatic heterocycles. The smallest absolute Gasteiger partial charge is 0.246 e. The summed E-state index contributed by atoms with van der Waals surface area (Å²) in [6.07, 6.45) is 0.699. The fourth-order valence-electron chi connectivity index (χ4n) is 2.53. The summed E-state index contributed by atoms with van der Waals surface area (Å²) in [6, 6.07) is 9.21. The van der Waals surface area contributed by atoms with Crippen molar-refractivity contribution in [1.29, 1.82) is 0 Å². The first-order chi connectivity index (χ1) is 13.6. The van der Waals surface area contributed by atoms with Crippen molar-refractivity contribution in [2.24, 2.45) is 0 Å². The Morgan fingerprint density at radius 2 is 2.07 bits per heavy atom. The molecule has 1 aromatic carbocycles. The topological polar surface area (TPSA) is 88.5 Å². The van der Waals surface area contributed by atoms with Crippen LogP contribution in [0, 0.1) is 4.77 Å². The Morgan fingerprint density at radius 3 is 2.82 bits per heavy atom. The van der Waals surface area contributed by atoms with Gasteiger partial charge in [-0.05, 0) is 58.9 Å². The molecule has 0 bridgehead atoms. The minimum atomic E-state index is -0.258. The van der Waals surface area contributed by atoms with Crippen molar-refractivity contribution in [3.8, 4) is 11.4 Å². The predicted octanol–water partition coefficient (Wildman–Crippen LogP) is 4.40. The molecule has 0 unspecified atom stereocenters. The van der Waals surface area contributed by atoms with Crippen LogP contribution in [0.2, 0.25) is 5.02 Å². The van der Waals surface area contributed by atoms with E-state index in [4.69, 9.17) is 23.8 Å². The highest BCUT2D eigenvalue weighted by Gasteiger charge is 2.14. The fourth-order valence-corrected chi connectivity index (χ4v) is 4.31. The number of amides is 1. The summed E-state index contributed by atoms with van der Waals surface area (Å²) in [5.74, 6) is 0.304. The second-order valence-electron chi connectivity index (χ2n) is 5.80. The molecule has 0 fully saturated rings. The van der Waals surface area contributed by atoms with E-state index in [0.29, 0.717) is 27.2 Å². The molecule has 0 spiro atoms. The third-order valence-electron chi connectivity index (χ3n) is 3.81. The third kappa shape index (κ3) is 4.36. The highest BCUT2D eigenvalue weighted by atomic mass is 35.5. The highest BCUT2D eigenvalue weighted by Crippen LogP contribution is 2.22. The normalized spacial score (nSPS) is 10.9. The fraction of sp³-hybridized carbons (Fsp3) is 0.118. The molecule has 7 nitrogen and oxygen atoms in total. The number of thiophene rings is 1. The van der Waals surface area contributed by atoms with Crippen LogP contribution >= 0.6 is 46.5 Å². The lowest BCUT2D eigenvalue weighted by Gasteiger charge is -2.06. The second-order valence-corrected chi connectivity index (χ2v) is 8.47. The molecule has 0 aliphatic rings. The summed E-state index contributed by atoms with van der Waals surface area (Å²) in [4.78, 5) is 12.5. The molecule has 2 N–H and O–H groups in total. The number of aromatic nitrogens is 5. The molecule has 0 atom stereocenters. The van der Waals surface area contributed by atoms with E-state index in [2.05, 4.69) is 31.1 Å².